The van der Waals surface area contributed by atoms with E-state index in [1.54, 1.807) is 7.11 Å². The Balaban J connectivity index is 1.65. The predicted molar refractivity (Wildman–Crippen MR) is 108 cm³/mol. The fourth-order valence-corrected chi connectivity index (χ4v) is 3.74. The Kier molecular flexibility index (Phi) is 7.46. The fraction of sp³-hybridized carbons (Fsp3) is 0.591. The Morgan fingerprint density at radius 2 is 1.96 bits per heavy atom. The van der Waals surface area contributed by atoms with Gasteiger partial charge in [-0.15, -0.1) is 0 Å². The average Bonchev–Trinajstić information content (AvgIpc) is 3.23. The molecule has 1 atom stereocenters. The number of methoxy groups -OCH3 is 1. The van der Waals surface area contributed by atoms with Crippen LogP contribution in [0.1, 0.15) is 76.6 Å². The van der Waals surface area contributed by atoms with E-state index in [0.717, 1.165) is 50.0 Å². The maximum atomic E-state index is 12.8. The van der Waals surface area contributed by atoms with Gasteiger partial charge in [0, 0.05) is 18.5 Å². The third-order valence-electron chi connectivity index (χ3n) is 5.39. The molecular formula is C22H31N3O3. The summed E-state index contributed by atoms with van der Waals surface area (Å²) >= 11 is 0. The highest BCUT2D eigenvalue weighted by Crippen LogP contribution is 2.32. The van der Waals surface area contributed by atoms with Crippen molar-refractivity contribution >= 4 is 5.91 Å². The molecule has 28 heavy (non-hydrogen) atoms. The first-order valence-corrected chi connectivity index (χ1v) is 10.5. The lowest BCUT2D eigenvalue weighted by molar-refractivity contribution is -0.135. The van der Waals surface area contributed by atoms with E-state index in [1.165, 1.54) is 19.3 Å². The molecule has 6 heteroatoms. The zero-order valence-electron chi connectivity index (χ0n) is 17.0. The van der Waals surface area contributed by atoms with Crippen LogP contribution in [-0.4, -0.2) is 34.6 Å². The normalized spacial score (nSPS) is 16.9. The Labute approximate surface area is 167 Å². The van der Waals surface area contributed by atoms with E-state index in [9.17, 15) is 4.79 Å². The van der Waals surface area contributed by atoms with Gasteiger partial charge in [0.05, 0.1) is 7.11 Å². The molecule has 152 valence electrons. The van der Waals surface area contributed by atoms with Crippen molar-refractivity contribution in [3.8, 4) is 17.1 Å². The molecular weight excluding hydrogens is 354 g/mol. The van der Waals surface area contributed by atoms with Crippen molar-refractivity contribution in [2.45, 2.75) is 70.8 Å². The average molecular weight is 386 g/mol. The van der Waals surface area contributed by atoms with E-state index in [2.05, 4.69) is 17.1 Å². The Hall–Kier alpha value is -2.37. The first-order valence-electron chi connectivity index (χ1n) is 10.5. The van der Waals surface area contributed by atoms with Gasteiger partial charge in [-0.25, -0.2) is 0 Å². The van der Waals surface area contributed by atoms with E-state index in [4.69, 9.17) is 9.26 Å². The lowest BCUT2D eigenvalue weighted by Crippen LogP contribution is -2.38. The highest BCUT2D eigenvalue weighted by molar-refractivity contribution is 5.76. The fourth-order valence-electron chi connectivity index (χ4n) is 3.74. The van der Waals surface area contributed by atoms with Gasteiger partial charge in [-0.2, -0.15) is 4.98 Å². The Morgan fingerprint density at radius 3 is 2.71 bits per heavy atom. The maximum Gasteiger partial charge on any atom is 0.249 e. The molecule has 6 nitrogen and oxygen atoms in total. The van der Waals surface area contributed by atoms with Crippen LogP contribution < -0.4 is 4.74 Å². The molecule has 1 aromatic heterocycles. The summed E-state index contributed by atoms with van der Waals surface area (Å²) in [6, 6.07) is 7.47. The van der Waals surface area contributed by atoms with Gasteiger partial charge in [-0.1, -0.05) is 37.8 Å². The highest BCUT2D eigenvalue weighted by atomic mass is 16.5. The summed E-state index contributed by atoms with van der Waals surface area (Å²) in [4.78, 5) is 19.3. The molecule has 1 unspecified atom stereocenters. The molecule has 0 aliphatic carbocycles. The smallest absolute Gasteiger partial charge is 0.249 e. The number of carbonyl (C=O) groups is 1. The van der Waals surface area contributed by atoms with Crippen LogP contribution in [0.5, 0.6) is 5.75 Å². The summed E-state index contributed by atoms with van der Waals surface area (Å²) in [6.07, 6.45) is 9.37. The van der Waals surface area contributed by atoms with E-state index < -0.39 is 0 Å². The summed E-state index contributed by atoms with van der Waals surface area (Å²) in [5, 5.41) is 4.14. The SMILES string of the molecule is CCCCCCCC(=O)N1CCCCC1c1nc(-c2ccc(OC)cc2)no1. The first-order chi connectivity index (χ1) is 13.7. The molecule has 2 heterocycles. The van der Waals surface area contributed by atoms with Gasteiger partial charge in [0.1, 0.15) is 11.8 Å². The van der Waals surface area contributed by atoms with Crippen LogP contribution in [0.3, 0.4) is 0 Å². The Bertz CT molecular complexity index is 742. The largest absolute Gasteiger partial charge is 0.497 e. The molecule has 0 spiro atoms. The molecule has 1 fully saturated rings. The molecule has 1 aromatic carbocycles. The molecule has 0 radical (unpaired) electrons. The van der Waals surface area contributed by atoms with Gasteiger partial charge >= 0.3 is 0 Å². The highest BCUT2D eigenvalue weighted by Gasteiger charge is 2.31. The standard InChI is InChI=1S/C22H31N3O3/c1-3-4-5-6-7-11-20(26)25-16-9-8-10-19(25)22-23-21(24-28-22)17-12-14-18(27-2)15-13-17/h12-15,19H,3-11,16H2,1-2H3. The number of hydrogen-bond acceptors (Lipinski definition) is 5. The number of carbonyl (C=O) groups excluding carboxylic acids is 1. The van der Waals surface area contributed by atoms with E-state index in [1.807, 2.05) is 29.2 Å². The van der Waals surface area contributed by atoms with Crippen molar-refractivity contribution in [2.75, 3.05) is 13.7 Å². The van der Waals surface area contributed by atoms with Crippen molar-refractivity contribution in [2.24, 2.45) is 0 Å². The number of aromatic nitrogens is 2. The van der Waals surface area contributed by atoms with Crippen molar-refractivity contribution in [1.82, 2.24) is 15.0 Å². The third-order valence-corrected chi connectivity index (χ3v) is 5.39. The Morgan fingerprint density at radius 1 is 1.18 bits per heavy atom. The number of piperidine rings is 1. The van der Waals surface area contributed by atoms with Crippen molar-refractivity contribution in [3.05, 3.63) is 30.2 Å². The minimum absolute atomic E-state index is 0.101. The molecule has 1 saturated heterocycles. The minimum Gasteiger partial charge on any atom is -0.497 e. The number of unbranched alkanes of at least 4 members (excludes halogenated alkanes) is 4. The van der Waals surface area contributed by atoms with Gasteiger partial charge in [-0.05, 0) is 49.9 Å². The van der Waals surface area contributed by atoms with Crippen molar-refractivity contribution < 1.29 is 14.1 Å². The van der Waals surface area contributed by atoms with Crippen molar-refractivity contribution in [3.63, 3.8) is 0 Å². The molecule has 1 aliphatic heterocycles. The quantitative estimate of drug-likeness (QED) is 0.558. The summed E-state index contributed by atoms with van der Waals surface area (Å²) in [7, 11) is 1.64. The van der Waals surface area contributed by atoms with Crippen LogP contribution in [0, 0.1) is 0 Å². The molecule has 0 bridgehead atoms. The number of likely N-dealkylation sites (tertiary alicyclic amines) is 1. The number of rotatable bonds is 9. The van der Waals surface area contributed by atoms with Crippen LogP contribution in [0.25, 0.3) is 11.4 Å². The first kappa shape index (κ1) is 20.4. The van der Waals surface area contributed by atoms with Gasteiger partial charge in [0.25, 0.3) is 0 Å². The summed E-state index contributed by atoms with van der Waals surface area (Å²) in [5.74, 6) is 2.10. The summed E-state index contributed by atoms with van der Waals surface area (Å²) in [5.41, 5.74) is 0.875. The molecule has 0 saturated carbocycles. The topological polar surface area (TPSA) is 68.5 Å². The van der Waals surface area contributed by atoms with E-state index in [0.29, 0.717) is 18.1 Å². The number of nitrogens with zero attached hydrogens (tertiary/aromatic N) is 3. The summed E-state index contributed by atoms with van der Waals surface area (Å²) < 4.78 is 10.8. The zero-order valence-corrected chi connectivity index (χ0v) is 17.0. The van der Waals surface area contributed by atoms with Crippen LogP contribution >= 0.6 is 0 Å². The monoisotopic (exact) mass is 385 g/mol. The maximum absolute atomic E-state index is 12.8. The van der Waals surface area contributed by atoms with Gasteiger partial charge in [0.15, 0.2) is 0 Å². The third kappa shape index (κ3) is 5.12. The number of benzene rings is 1. The van der Waals surface area contributed by atoms with Gasteiger partial charge in [-0.3, -0.25) is 4.79 Å². The number of ether oxygens (including phenoxy) is 1. The van der Waals surface area contributed by atoms with Gasteiger partial charge in [0.2, 0.25) is 17.6 Å². The summed E-state index contributed by atoms with van der Waals surface area (Å²) in [6.45, 7) is 2.98. The predicted octanol–water partition coefficient (Wildman–Crippen LogP) is 5.16. The van der Waals surface area contributed by atoms with E-state index >= 15 is 0 Å². The second-order valence-corrected chi connectivity index (χ2v) is 7.45. The van der Waals surface area contributed by atoms with Crippen LogP contribution in [-0.2, 0) is 4.79 Å². The lowest BCUT2D eigenvalue weighted by Gasteiger charge is -2.33. The lowest BCUT2D eigenvalue weighted by atomic mass is 10.0. The second kappa shape index (κ2) is 10.2. The zero-order chi connectivity index (χ0) is 19.8. The number of hydrogen-bond donors (Lipinski definition) is 0. The van der Waals surface area contributed by atoms with E-state index in [-0.39, 0.29) is 11.9 Å². The van der Waals surface area contributed by atoms with Gasteiger partial charge < -0.3 is 14.2 Å². The molecule has 2 aromatic rings. The molecule has 1 amide bonds. The van der Waals surface area contributed by atoms with Crippen LogP contribution in [0.2, 0.25) is 0 Å². The number of amides is 1. The minimum atomic E-state index is -0.101. The second-order valence-electron chi connectivity index (χ2n) is 7.45. The van der Waals surface area contributed by atoms with Crippen molar-refractivity contribution in [1.29, 1.82) is 0 Å². The van der Waals surface area contributed by atoms with Crippen LogP contribution in [0.4, 0.5) is 0 Å². The van der Waals surface area contributed by atoms with Crippen LogP contribution in [0.15, 0.2) is 28.8 Å². The molecule has 0 N–H and O–H groups in total. The molecule has 1 aliphatic rings. The molecule has 3 rings (SSSR count).